The number of aromatic nitrogens is 1. The topological polar surface area (TPSA) is 110 Å². The molecular weight excluding hydrogens is 454 g/mol. The molecule has 3 N–H and O–H groups in total. The third-order valence-corrected chi connectivity index (χ3v) is 5.94. The Bertz CT molecular complexity index is 1000. The van der Waals surface area contributed by atoms with Crippen LogP contribution in [0.1, 0.15) is 22.4 Å². The summed E-state index contributed by atoms with van der Waals surface area (Å²) >= 11 is 1.39. The predicted octanol–water partition coefficient (Wildman–Crippen LogP) is 3.70. The number of carbonyl (C=O) groups excluding carboxylic acids is 2. The molecule has 0 bridgehead atoms. The van der Waals surface area contributed by atoms with E-state index in [9.17, 15) is 14.7 Å². The van der Waals surface area contributed by atoms with Crippen molar-refractivity contribution in [3.05, 3.63) is 88.4 Å². The SMILES string of the molecule is CNC(=O)OC(Cc1ccccc1)CC(O)C(Cc1ccccc1)NC(=O)OCc1cncs1. The molecule has 0 radical (unpaired) electrons. The van der Waals surface area contributed by atoms with Crippen LogP contribution in [0, 0.1) is 0 Å². The van der Waals surface area contributed by atoms with E-state index in [-0.39, 0.29) is 13.0 Å². The zero-order valence-corrected chi connectivity index (χ0v) is 19.7. The molecule has 0 fully saturated rings. The standard InChI is InChI=1S/C25H29N3O5S/c1-26-24(30)33-20(12-18-8-4-2-5-9-18)14-23(29)22(13-19-10-6-3-7-11-19)28-25(31)32-16-21-15-27-17-34-21/h2-11,15,17,20,22-23,29H,12-14,16H2,1H3,(H,26,30)(H,28,31). The van der Waals surface area contributed by atoms with Crippen LogP contribution in [0.2, 0.25) is 0 Å². The number of ether oxygens (including phenoxy) is 2. The first-order valence-corrected chi connectivity index (χ1v) is 11.9. The number of amides is 2. The lowest BCUT2D eigenvalue weighted by Gasteiger charge is -2.27. The zero-order valence-electron chi connectivity index (χ0n) is 18.9. The maximum atomic E-state index is 12.5. The fourth-order valence-electron chi connectivity index (χ4n) is 3.49. The molecule has 2 aromatic carbocycles. The van der Waals surface area contributed by atoms with Crippen molar-refractivity contribution in [1.82, 2.24) is 15.6 Å². The van der Waals surface area contributed by atoms with Crippen molar-refractivity contribution in [1.29, 1.82) is 0 Å². The first-order chi connectivity index (χ1) is 16.5. The third kappa shape index (κ3) is 8.49. The van der Waals surface area contributed by atoms with E-state index in [2.05, 4.69) is 15.6 Å². The van der Waals surface area contributed by atoms with Gasteiger partial charge in [0.2, 0.25) is 0 Å². The second kappa shape index (κ2) is 13.3. The van der Waals surface area contributed by atoms with E-state index in [1.165, 1.54) is 18.4 Å². The van der Waals surface area contributed by atoms with Gasteiger partial charge in [-0.3, -0.25) is 4.98 Å². The molecule has 1 heterocycles. The predicted molar refractivity (Wildman–Crippen MR) is 129 cm³/mol. The quantitative estimate of drug-likeness (QED) is 0.384. The Labute approximate surface area is 202 Å². The Hall–Kier alpha value is -3.43. The summed E-state index contributed by atoms with van der Waals surface area (Å²) < 4.78 is 10.8. The normalized spacial score (nSPS) is 13.4. The summed E-state index contributed by atoms with van der Waals surface area (Å²) in [5.41, 5.74) is 3.58. The lowest BCUT2D eigenvalue weighted by Crippen LogP contribution is -2.47. The van der Waals surface area contributed by atoms with Gasteiger partial charge >= 0.3 is 12.2 Å². The average Bonchev–Trinajstić information content (AvgIpc) is 3.37. The molecule has 0 spiro atoms. The molecule has 3 aromatic rings. The minimum atomic E-state index is -0.991. The number of benzene rings is 2. The van der Waals surface area contributed by atoms with E-state index >= 15 is 0 Å². The Morgan fingerprint density at radius 2 is 1.65 bits per heavy atom. The third-order valence-electron chi connectivity index (χ3n) is 5.18. The van der Waals surface area contributed by atoms with Crippen molar-refractivity contribution in [2.24, 2.45) is 0 Å². The van der Waals surface area contributed by atoms with Crippen LogP contribution in [0.4, 0.5) is 9.59 Å². The van der Waals surface area contributed by atoms with E-state index in [1.54, 1.807) is 11.7 Å². The molecule has 0 saturated heterocycles. The van der Waals surface area contributed by atoms with E-state index in [0.29, 0.717) is 12.8 Å². The molecule has 0 aliphatic rings. The highest BCUT2D eigenvalue weighted by molar-refractivity contribution is 7.09. The number of hydrogen-bond donors (Lipinski definition) is 3. The lowest BCUT2D eigenvalue weighted by molar-refractivity contribution is 0.0374. The second-order valence-corrected chi connectivity index (χ2v) is 8.73. The summed E-state index contributed by atoms with van der Waals surface area (Å²) in [5, 5.41) is 16.3. The summed E-state index contributed by atoms with van der Waals surface area (Å²) in [6.45, 7) is 0.0983. The van der Waals surface area contributed by atoms with Gasteiger partial charge in [0.15, 0.2) is 0 Å². The van der Waals surface area contributed by atoms with Gasteiger partial charge in [-0.15, -0.1) is 11.3 Å². The highest BCUT2D eigenvalue weighted by Gasteiger charge is 2.27. The van der Waals surface area contributed by atoms with Crippen LogP contribution in [0.15, 0.2) is 72.4 Å². The van der Waals surface area contributed by atoms with Gasteiger partial charge in [-0.05, 0) is 17.5 Å². The highest BCUT2D eigenvalue weighted by atomic mass is 32.1. The smallest absolute Gasteiger partial charge is 0.407 e. The van der Waals surface area contributed by atoms with Crippen LogP contribution in [0.25, 0.3) is 0 Å². The number of nitrogens with one attached hydrogen (secondary N) is 2. The molecule has 0 aliphatic heterocycles. The molecule has 3 atom stereocenters. The van der Waals surface area contributed by atoms with Gasteiger partial charge in [0.05, 0.1) is 22.5 Å². The number of aliphatic hydroxyl groups is 1. The number of rotatable bonds is 11. The van der Waals surface area contributed by atoms with Crippen molar-refractivity contribution < 1.29 is 24.2 Å². The summed E-state index contributed by atoms with van der Waals surface area (Å²) in [6.07, 6.45) is -0.215. The van der Waals surface area contributed by atoms with Crippen molar-refractivity contribution in [2.75, 3.05) is 7.05 Å². The second-order valence-electron chi connectivity index (χ2n) is 7.75. The Morgan fingerprint density at radius 1 is 1.00 bits per heavy atom. The lowest BCUT2D eigenvalue weighted by atomic mass is 9.95. The van der Waals surface area contributed by atoms with Crippen LogP contribution < -0.4 is 10.6 Å². The van der Waals surface area contributed by atoms with E-state index in [0.717, 1.165) is 16.0 Å². The molecule has 3 unspecified atom stereocenters. The minimum absolute atomic E-state index is 0.0983. The van der Waals surface area contributed by atoms with Crippen LogP contribution in [-0.2, 0) is 28.9 Å². The first-order valence-electron chi connectivity index (χ1n) is 11.0. The molecule has 9 heteroatoms. The van der Waals surface area contributed by atoms with E-state index < -0.39 is 30.4 Å². The van der Waals surface area contributed by atoms with Crippen LogP contribution in [-0.4, -0.2) is 47.6 Å². The first kappa shape index (κ1) is 25.2. The number of hydrogen-bond acceptors (Lipinski definition) is 7. The van der Waals surface area contributed by atoms with Crippen molar-refractivity contribution in [2.45, 2.75) is 44.1 Å². The average molecular weight is 484 g/mol. The molecular formula is C25H29N3O5S. The van der Waals surface area contributed by atoms with Crippen molar-refractivity contribution in [3.63, 3.8) is 0 Å². The van der Waals surface area contributed by atoms with Gasteiger partial charge in [-0.25, -0.2) is 9.59 Å². The van der Waals surface area contributed by atoms with Crippen LogP contribution in [0.5, 0.6) is 0 Å². The monoisotopic (exact) mass is 483 g/mol. The molecule has 0 aliphatic carbocycles. The number of carbonyl (C=O) groups is 2. The van der Waals surface area contributed by atoms with Gasteiger partial charge in [0.1, 0.15) is 12.7 Å². The van der Waals surface area contributed by atoms with E-state index in [4.69, 9.17) is 9.47 Å². The van der Waals surface area contributed by atoms with Crippen LogP contribution in [0.3, 0.4) is 0 Å². The zero-order chi connectivity index (χ0) is 24.2. The van der Waals surface area contributed by atoms with Crippen molar-refractivity contribution in [3.8, 4) is 0 Å². The number of alkyl carbamates (subject to hydrolysis) is 2. The summed E-state index contributed by atoms with van der Waals surface area (Å²) in [6, 6.07) is 18.5. The number of nitrogens with zero attached hydrogens (tertiary/aromatic N) is 1. The molecule has 8 nitrogen and oxygen atoms in total. The molecule has 3 rings (SSSR count). The Balaban J connectivity index is 1.69. The largest absolute Gasteiger partial charge is 0.446 e. The molecule has 2 amide bonds. The summed E-state index contributed by atoms with van der Waals surface area (Å²) in [7, 11) is 1.48. The van der Waals surface area contributed by atoms with Gasteiger partial charge in [0, 0.05) is 26.1 Å². The van der Waals surface area contributed by atoms with Gasteiger partial charge in [-0.2, -0.15) is 0 Å². The molecule has 1 aromatic heterocycles. The van der Waals surface area contributed by atoms with Gasteiger partial charge in [0.25, 0.3) is 0 Å². The summed E-state index contributed by atoms with van der Waals surface area (Å²) in [5.74, 6) is 0. The molecule has 0 saturated carbocycles. The number of aliphatic hydroxyl groups excluding tert-OH is 1. The molecule has 34 heavy (non-hydrogen) atoms. The van der Waals surface area contributed by atoms with Gasteiger partial charge in [-0.1, -0.05) is 60.7 Å². The Kier molecular flexibility index (Phi) is 9.87. The Morgan fingerprint density at radius 3 is 2.24 bits per heavy atom. The fraction of sp³-hybridized carbons (Fsp3) is 0.320. The fourth-order valence-corrected chi connectivity index (χ4v) is 3.99. The highest BCUT2D eigenvalue weighted by Crippen LogP contribution is 2.17. The maximum absolute atomic E-state index is 12.5. The minimum Gasteiger partial charge on any atom is -0.446 e. The van der Waals surface area contributed by atoms with Crippen LogP contribution >= 0.6 is 11.3 Å². The van der Waals surface area contributed by atoms with E-state index in [1.807, 2.05) is 60.7 Å². The number of thiazole rings is 1. The van der Waals surface area contributed by atoms with Crippen molar-refractivity contribution >= 4 is 23.5 Å². The maximum Gasteiger partial charge on any atom is 0.407 e. The molecule has 180 valence electrons. The van der Waals surface area contributed by atoms with Gasteiger partial charge < -0.3 is 25.2 Å². The summed E-state index contributed by atoms with van der Waals surface area (Å²) in [4.78, 5) is 29.2.